The lowest BCUT2D eigenvalue weighted by Crippen LogP contribution is -2.17. The van der Waals surface area contributed by atoms with Crippen LogP contribution in [0, 0.1) is 0 Å². The number of nitrogens with zero attached hydrogens (tertiary/aromatic N) is 1. The van der Waals surface area contributed by atoms with Crippen molar-refractivity contribution in [3.8, 4) is 17.2 Å². The number of hydrazone groups is 1. The molecule has 1 amide bonds. The number of amides is 1. The molecule has 0 radical (unpaired) electrons. The van der Waals surface area contributed by atoms with E-state index in [1.165, 1.54) is 43.7 Å². The normalized spacial score (nSPS) is 11.3. The number of methoxy groups -OCH3 is 1. The van der Waals surface area contributed by atoms with E-state index in [1.807, 2.05) is 30.3 Å². The average Bonchev–Trinajstić information content (AvgIpc) is 2.94. The molecular weight excluding hydrogens is 608 g/mol. The van der Waals surface area contributed by atoms with E-state index in [-0.39, 0.29) is 10.6 Å². The Balaban J connectivity index is 1.37. The van der Waals surface area contributed by atoms with Crippen molar-refractivity contribution in [3.05, 3.63) is 117 Å². The number of hydrogen-bond donors (Lipinski definition) is 1. The van der Waals surface area contributed by atoms with Gasteiger partial charge in [0.15, 0.2) is 17.2 Å². The molecule has 0 saturated carbocycles. The monoisotopic (exact) mass is 628 g/mol. The Morgan fingerprint density at radius 1 is 0.949 bits per heavy atom. The van der Waals surface area contributed by atoms with Gasteiger partial charge in [0, 0.05) is 10.6 Å². The molecule has 200 valence electrons. The van der Waals surface area contributed by atoms with Gasteiger partial charge in [-0.25, -0.2) is 5.43 Å². The molecule has 0 aliphatic rings. The van der Waals surface area contributed by atoms with E-state index in [0.717, 1.165) is 5.56 Å². The van der Waals surface area contributed by atoms with Gasteiger partial charge >= 0.3 is 10.1 Å². The molecule has 8 nitrogen and oxygen atoms in total. The summed E-state index contributed by atoms with van der Waals surface area (Å²) in [5.41, 5.74) is 4.37. The van der Waals surface area contributed by atoms with Gasteiger partial charge in [0.25, 0.3) is 5.91 Å². The van der Waals surface area contributed by atoms with Crippen LogP contribution >= 0.6 is 27.5 Å². The number of nitrogens with one attached hydrogen (secondary N) is 1. The highest BCUT2D eigenvalue weighted by Crippen LogP contribution is 2.30. The summed E-state index contributed by atoms with van der Waals surface area (Å²) in [7, 11) is -2.55. The first-order chi connectivity index (χ1) is 18.7. The van der Waals surface area contributed by atoms with Crippen LogP contribution in [0.1, 0.15) is 21.5 Å². The van der Waals surface area contributed by atoms with E-state index in [4.69, 9.17) is 25.3 Å². The molecule has 0 unspecified atom stereocenters. The molecule has 1 N–H and O–H groups in total. The summed E-state index contributed by atoms with van der Waals surface area (Å²) in [4.78, 5) is 12.6. The third-order valence-electron chi connectivity index (χ3n) is 5.30. The van der Waals surface area contributed by atoms with Gasteiger partial charge in [-0.2, -0.15) is 13.5 Å². The van der Waals surface area contributed by atoms with Crippen molar-refractivity contribution in [3.63, 3.8) is 0 Å². The lowest BCUT2D eigenvalue weighted by atomic mass is 10.2. The van der Waals surface area contributed by atoms with Gasteiger partial charge < -0.3 is 13.7 Å². The van der Waals surface area contributed by atoms with E-state index in [9.17, 15) is 13.2 Å². The summed E-state index contributed by atoms with van der Waals surface area (Å²) in [5.74, 6) is 0.558. The SMILES string of the molecule is COc1cc(C(=O)N/N=C/c2ccc(OS(=O)(=O)c3ccc(Cl)cc3)c(Br)c2)ccc1OCc1ccccc1. The van der Waals surface area contributed by atoms with Crippen LogP contribution in [0.3, 0.4) is 0 Å². The number of halogens is 2. The first-order valence-electron chi connectivity index (χ1n) is 11.4. The van der Waals surface area contributed by atoms with Crippen molar-refractivity contribution < 1.29 is 26.9 Å². The minimum Gasteiger partial charge on any atom is -0.493 e. The number of rotatable bonds is 10. The summed E-state index contributed by atoms with van der Waals surface area (Å²) in [5, 5.41) is 4.40. The standard InChI is InChI=1S/C28H22BrClN2O6S/c1-36-27-16-21(8-14-26(27)37-18-19-5-3-2-4-6-19)28(33)32-31-17-20-7-13-25(24(29)15-20)38-39(34,35)23-11-9-22(30)10-12-23/h2-17H,18H2,1H3,(H,32,33)/b31-17+. The summed E-state index contributed by atoms with van der Waals surface area (Å²) >= 11 is 9.13. The van der Waals surface area contributed by atoms with Crippen LogP contribution < -0.4 is 19.1 Å². The maximum atomic E-state index is 12.6. The lowest BCUT2D eigenvalue weighted by molar-refractivity contribution is 0.0954. The summed E-state index contributed by atoms with van der Waals surface area (Å²) in [6, 6.07) is 24.8. The Labute approximate surface area is 239 Å². The minimum atomic E-state index is -4.05. The van der Waals surface area contributed by atoms with Crippen molar-refractivity contribution >= 4 is 49.8 Å². The molecule has 4 aromatic carbocycles. The number of hydrogen-bond acceptors (Lipinski definition) is 7. The molecular formula is C28H22BrClN2O6S. The van der Waals surface area contributed by atoms with Crippen LogP contribution in [-0.2, 0) is 16.7 Å². The Bertz CT molecular complexity index is 1600. The second kappa shape index (κ2) is 12.8. The van der Waals surface area contributed by atoms with E-state index in [1.54, 1.807) is 30.3 Å². The summed E-state index contributed by atoms with van der Waals surface area (Å²) in [6.07, 6.45) is 1.41. The zero-order chi connectivity index (χ0) is 27.8. The molecule has 0 heterocycles. The topological polar surface area (TPSA) is 103 Å². The minimum absolute atomic E-state index is 0.0282. The number of carbonyl (C=O) groups excluding carboxylic acids is 1. The molecule has 0 spiro atoms. The van der Waals surface area contributed by atoms with Gasteiger partial charge in [0.1, 0.15) is 11.5 Å². The second-order valence-electron chi connectivity index (χ2n) is 8.02. The van der Waals surface area contributed by atoms with Gasteiger partial charge in [-0.3, -0.25) is 4.79 Å². The van der Waals surface area contributed by atoms with Crippen LogP contribution in [-0.4, -0.2) is 27.6 Å². The Morgan fingerprint density at radius 3 is 2.36 bits per heavy atom. The fourth-order valence-electron chi connectivity index (χ4n) is 3.33. The summed E-state index contributed by atoms with van der Waals surface area (Å²) < 4.78 is 41.9. The van der Waals surface area contributed by atoms with Crippen molar-refractivity contribution in [2.24, 2.45) is 5.10 Å². The van der Waals surface area contributed by atoms with Crippen LogP contribution in [0.4, 0.5) is 0 Å². The van der Waals surface area contributed by atoms with Gasteiger partial charge in [-0.15, -0.1) is 0 Å². The molecule has 0 aliphatic carbocycles. The molecule has 4 aromatic rings. The van der Waals surface area contributed by atoms with Crippen LogP contribution in [0.25, 0.3) is 0 Å². The molecule has 0 saturated heterocycles. The van der Waals surface area contributed by atoms with Gasteiger partial charge in [-0.05, 0) is 87.7 Å². The van der Waals surface area contributed by atoms with Crippen LogP contribution in [0.15, 0.2) is 105 Å². The number of benzene rings is 4. The third kappa shape index (κ3) is 7.60. The quantitative estimate of drug-likeness (QED) is 0.127. The molecule has 0 aromatic heterocycles. The average molecular weight is 630 g/mol. The Morgan fingerprint density at radius 2 is 1.67 bits per heavy atom. The maximum absolute atomic E-state index is 12.6. The fourth-order valence-corrected chi connectivity index (χ4v) is 4.98. The zero-order valence-electron chi connectivity index (χ0n) is 20.5. The molecule has 0 atom stereocenters. The Kier molecular flexibility index (Phi) is 9.23. The summed E-state index contributed by atoms with van der Waals surface area (Å²) in [6.45, 7) is 0.361. The van der Waals surface area contributed by atoms with Gasteiger partial charge in [0.05, 0.1) is 17.8 Å². The first kappa shape index (κ1) is 28.2. The highest BCUT2D eigenvalue weighted by Gasteiger charge is 2.18. The lowest BCUT2D eigenvalue weighted by Gasteiger charge is -2.12. The van der Waals surface area contributed by atoms with Crippen LogP contribution in [0.2, 0.25) is 5.02 Å². The third-order valence-corrected chi connectivity index (χ3v) is 7.42. The van der Waals surface area contributed by atoms with Gasteiger partial charge in [0.2, 0.25) is 0 Å². The molecule has 0 fully saturated rings. The number of ether oxygens (including phenoxy) is 2. The van der Waals surface area contributed by atoms with Crippen LogP contribution in [0.5, 0.6) is 17.2 Å². The van der Waals surface area contributed by atoms with Crippen molar-refractivity contribution in [2.45, 2.75) is 11.5 Å². The predicted molar refractivity (Wildman–Crippen MR) is 152 cm³/mol. The van der Waals surface area contributed by atoms with E-state index in [0.29, 0.717) is 38.7 Å². The molecule has 4 rings (SSSR count). The maximum Gasteiger partial charge on any atom is 0.339 e. The highest BCUT2D eigenvalue weighted by molar-refractivity contribution is 9.10. The molecule has 0 aliphatic heterocycles. The van der Waals surface area contributed by atoms with Crippen molar-refractivity contribution in [1.82, 2.24) is 5.43 Å². The van der Waals surface area contributed by atoms with Crippen molar-refractivity contribution in [1.29, 1.82) is 0 Å². The van der Waals surface area contributed by atoms with E-state index < -0.39 is 16.0 Å². The molecule has 0 bridgehead atoms. The van der Waals surface area contributed by atoms with E-state index >= 15 is 0 Å². The van der Waals surface area contributed by atoms with E-state index in [2.05, 4.69) is 26.5 Å². The Hall–Kier alpha value is -3.86. The first-order valence-corrected chi connectivity index (χ1v) is 14.0. The molecule has 11 heteroatoms. The zero-order valence-corrected chi connectivity index (χ0v) is 23.7. The smallest absolute Gasteiger partial charge is 0.339 e. The predicted octanol–water partition coefficient (Wildman–Crippen LogP) is 6.22. The highest BCUT2D eigenvalue weighted by atomic mass is 79.9. The van der Waals surface area contributed by atoms with Gasteiger partial charge in [-0.1, -0.05) is 41.9 Å². The van der Waals surface area contributed by atoms with Crippen molar-refractivity contribution in [2.75, 3.05) is 7.11 Å². The fraction of sp³-hybridized carbons (Fsp3) is 0.0714. The molecule has 39 heavy (non-hydrogen) atoms. The number of carbonyl (C=O) groups is 1. The second-order valence-corrected chi connectivity index (χ2v) is 10.9. The largest absolute Gasteiger partial charge is 0.493 e.